The molecule has 11 heteroatoms. The zero-order chi connectivity index (χ0) is 34.4. The molecule has 2 aliphatic heterocycles. The molecule has 0 amide bonds. The highest BCUT2D eigenvalue weighted by Crippen LogP contribution is 2.38. The second kappa shape index (κ2) is 13.5. The van der Waals surface area contributed by atoms with E-state index in [0.717, 1.165) is 101 Å². The van der Waals surface area contributed by atoms with Crippen LogP contribution in [0.3, 0.4) is 0 Å². The van der Waals surface area contributed by atoms with Crippen molar-refractivity contribution in [3.05, 3.63) is 94.5 Å². The molecule has 0 aliphatic carbocycles. The number of likely N-dealkylation sites (tertiary alicyclic amines) is 2. The molecular formula is C39H38ClN7O3. The van der Waals surface area contributed by atoms with E-state index in [2.05, 4.69) is 51.1 Å². The van der Waals surface area contributed by atoms with Crippen LogP contribution < -0.4 is 5.32 Å². The van der Waals surface area contributed by atoms with Gasteiger partial charge in [-0.3, -0.25) is 19.8 Å². The Morgan fingerprint density at radius 2 is 1.76 bits per heavy atom. The predicted octanol–water partition coefficient (Wildman–Crippen LogP) is 7.10. The Hall–Kier alpha value is -4.74. The summed E-state index contributed by atoms with van der Waals surface area (Å²) in [5.74, 6) is 1.25. The van der Waals surface area contributed by atoms with Gasteiger partial charge in [-0.1, -0.05) is 23.7 Å². The van der Waals surface area contributed by atoms with Gasteiger partial charge in [0, 0.05) is 80.1 Å². The number of rotatable bonds is 9. The highest BCUT2D eigenvalue weighted by molar-refractivity contribution is 6.34. The average molecular weight is 688 g/mol. The fourth-order valence-electron chi connectivity index (χ4n) is 7.33. The molecule has 254 valence electrons. The number of hydrogen-bond donors (Lipinski definition) is 2. The number of nitrogens with one attached hydrogen (secondary N) is 1. The summed E-state index contributed by atoms with van der Waals surface area (Å²) < 4.78 is 6.26. The van der Waals surface area contributed by atoms with Gasteiger partial charge in [-0.15, -0.1) is 0 Å². The van der Waals surface area contributed by atoms with E-state index in [0.29, 0.717) is 40.9 Å². The molecule has 0 saturated carbocycles. The van der Waals surface area contributed by atoms with E-state index < -0.39 is 0 Å². The van der Waals surface area contributed by atoms with Crippen LogP contribution >= 0.6 is 11.6 Å². The predicted molar refractivity (Wildman–Crippen MR) is 195 cm³/mol. The normalized spacial score (nSPS) is 18.4. The monoisotopic (exact) mass is 687 g/mol. The summed E-state index contributed by atoms with van der Waals surface area (Å²) in [5.41, 5.74) is 9.93. The van der Waals surface area contributed by atoms with Crippen LogP contribution in [0, 0.1) is 19.8 Å². The number of β-amino-alcohol motifs (C(OH)–C–C–N with tert-alkyl or cyclic N) is 1. The minimum absolute atomic E-state index is 0.0957. The van der Waals surface area contributed by atoms with E-state index in [1.807, 2.05) is 42.7 Å². The van der Waals surface area contributed by atoms with Crippen LogP contribution in [0.1, 0.15) is 35.1 Å². The van der Waals surface area contributed by atoms with Crippen molar-refractivity contribution in [3.63, 3.8) is 0 Å². The highest BCUT2D eigenvalue weighted by atomic mass is 35.5. The maximum atomic E-state index is 11.2. The van der Waals surface area contributed by atoms with Gasteiger partial charge in [-0.05, 0) is 91.4 Å². The molecule has 2 N–H and O–H groups in total. The SMILES string of the molecule is Cc1c(Nc2nccc3cc(CN4CC[C@@H](O)C4)cnc23)cccc1-c1cncc(-c2nc3cc(CN4CC[C@@H](C=O)C4)cc(Cl)c3o2)c1C. The summed E-state index contributed by atoms with van der Waals surface area (Å²) in [5, 5.41) is 15.0. The first-order chi connectivity index (χ1) is 24.3. The number of aliphatic hydroxyl groups excluding tert-OH is 1. The topological polar surface area (TPSA) is 121 Å². The summed E-state index contributed by atoms with van der Waals surface area (Å²) in [6.07, 6.45) is 9.88. The van der Waals surface area contributed by atoms with E-state index in [-0.39, 0.29) is 12.0 Å². The molecular weight excluding hydrogens is 650 g/mol. The third kappa shape index (κ3) is 6.35. The van der Waals surface area contributed by atoms with E-state index in [9.17, 15) is 9.90 Å². The van der Waals surface area contributed by atoms with Crippen molar-refractivity contribution in [3.8, 4) is 22.6 Å². The van der Waals surface area contributed by atoms with Gasteiger partial charge in [0.05, 0.1) is 16.7 Å². The molecule has 2 atom stereocenters. The maximum absolute atomic E-state index is 11.2. The van der Waals surface area contributed by atoms with Crippen molar-refractivity contribution in [2.24, 2.45) is 5.92 Å². The van der Waals surface area contributed by atoms with Crippen LogP contribution in [0.2, 0.25) is 5.02 Å². The lowest BCUT2D eigenvalue weighted by molar-refractivity contribution is -0.110. The van der Waals surface area contributed by atoms with Gasteiger partial charge in [-0.2, -0.15) is 0 Å². The number of aromatic nitrogens is 4. The second-order valence-corrected chi connectivity index (χ2v) is 14.0. The van der Waals surface area contributed by atoms with Crippen molar-refractivity contribution < 1.29 is 14.3 Å². The summed E-state index contributed by atoms with van der Waals surface area (Å²) in [6, 6.07) is 14.2. The van der Waals surface area contributed by atoms with Gasteiger partial charge in [0.2, 0.25) is 5.89 Å². The number of oxazole rings is 1. The molecule has 0 bridgehead atoms. The number of carbonyl (C=O) groups excluding carboxylic acids is 1. The van der Waals surface area contributed by atoms with Crippen molar-refractivity contribution >= 4 is 51.4 Å². The third-order valence-corrected chi connectivity index (χ3v) is 10.3. The molecule has 2 fully saturated rings. The fraction of sp³-hybridized carbons (Fsp3) is 0.308. The van der Waals surface area contributed by atoms with Crippen LogP contribution in [0.4, 0.5) is 11.5 Å². The van der Waals surface area contributed by atoms with Gasteiger partial charge >= 0.3 is 0 Å². The number of hydrogen-bond acceptors (Lipinski definition) is 10. The quantitative estimate of drug-likeness (QED) is 0.152. The Bertz CT molecular complexity index is 2240. The largest absolute Gasteiger partial charge is 0.434 e. The lowest BCUT2D eigenvalue weighted by Gasteiger charge is -2.17. The molecule has 8 rings (SSSR count). The van der Waals surface area contributed by atoms with E-state index in [1.165, 1.54) is 0 Å². The zero-order valence-electron chi connectivity index (χ0n) is 28.1. The average Bonchev–Trinajstić information content (AvgIpc) is 3.86. The zero-order valence-corrected chi connectivity index (χ0v) is 28.8. The van der Waals surface area contributed by atoms with Crippen LogP contribution in [-0.2, 0) is 17.9 Å². The highest BCUT2D eigenvalue weighted by Gasteiger charge is 2.24. The molecule has 2 aromatic carbocycles. The minimum atomic E-state index is -0.246. The number of pyridine rings is 3. The van der Waals surface area contributed by atoms with Gasteiger partial charge in [0.25, 0.3) is 0 Å². The molecule has 4 aromatic heterocycles. The van der Waals surface area contributed by atoms with Gasteiger partial charge in [0.15, 0.2) is 11.4 Å². The Morgan fingerprint density at radius 1 is 0.940 bits per heavy atom. The third-order valence-electron chi connectivity index (χ3n) is 10.0. The molecule has 10 nitrogen and oxygen atoms in total. The lowest BCUT2D eigenvalue weighted by Crippen LogP contribution is -2.21. The van der Waals surface area contributed by atoms with Crippen LogP contribution in [0.5, 0.6) is 0 Å². The molecule has 0 unspecified atom stereocenters. The van der Waals surface area contributed by atoms with Gasteiger partial charge in [0.1, 0.15) is 17.3 Å². The first kappa shape index (κ1) is 32.5. The minimum Gasteiger partial charge on any atom is -0.434 e. The number of aldehydes is 1. The second-order valence-electron chi connectivity index (χ2n) is 13.6. The maximum Gasteiger partial charge on any atom is 0.229 e. The number of aliphatic hydroxyl groups is 1. The number of nitrogens with zero attached hydrogens (tertiary/aromatic N) is 6. The van der Waals surface area contributed by atoms with Crippen molar-refractivity contribution in [1.82, 2.24) is 29.7 Å². The molecule has 50 heavy (non-hydrogen) atoms. The molecule has 2 saturated heterocycles. The van der Waals surface area contributed by atoms with Crippen LogP contribution in [0.15, 0.2) is 71.7 Å². The summed E-state index contributed by atoms with van der Waals surface area (Å²) >= 11 is 6.71. The number of anilines is 2. The van der Waals surface area contributed by atoms with E-state index >= 15 is 0 Å². The molecule has 0 radical (unpaired) electrons. The van der Waals surface area contributed by atoms with Crippen molar-refractivity contribution in [2.45, 2.75) is 45.9 Å². The van der Waals surface area contributed by atoms with Gasteiger partial charge in [-0.25, -0.2) is 9.97 Å². The van der Waals surface area contributed by atoms with E-state index in [1.54, 1.807) is 12.4 Å². The standard InChI is InChI=1S/C39H38ClN7O3/c1-23-31(16-41-17-32(23)39-45-35-14-26(13-33(40)37(35)50-39)19-46-10-7-25(18-46)22-48)30-4-3-5-34(24(30)2)44-38-36-28(6-9-42-38)12-27(15-43-36)20-47-11-8-29(49)21-47/h3-6,9,12-17,22,25,29,49H,7-8,10-11,18-21H2,1-2H3,(H,42,44)/t25-,29-/m1/s1. The van der Waals surface area contributed by atoms with Crippen molar-refractivity contribution in [1.29, 1.82) is 0 Å². The number of carbonyl (C=O) groups is 1. The lowest BCUT2D eigenvalue weighted by atomic mass is 9.95. The van der Waals surface area contributed by atoms with Crippen LogP contribution in [-0.4, -0.2) is 73.4 Å². The number of halogens is 1. The smallest absolute Gasteiger partial charge is 0.229 e. The van der Waals surface area contributed by atoms with Crippen LogP contribution in [0.25, 0.3) is 44.6 Å². The Kier molecular flexibility index (Phi) is 8.78. The molecule has 6 heterocycles. The molecule has 6 aromatic rings. The Balaban J connectivity index is 1.06. The molecule has 2 aliphatic rings. The summed E-state index contributed by atoms with van der Waals surface area (Å²) in [7, 11) is 0. The number of fused-ring (bicyclic) bond motifs is 2. The van der Waals surface area contributed by atoms with Crippen molar-refractivity contribution in [2.75, 3.05) is 31.5 Å². The summed E-state index contributed by atoms with van der Waals surface area (Å²) in [4.78, 5) is 34.7. The Morgan fingerprint density at radius 3 is 2.58 bits per heavy atom. The first-order valence-corrected chi connectivity index (χ1v) is 17.4. The number of benzene rings is 2. The Labute approximate surface area is 295 Å². The molecule has 0 spiro atoms. The van der Waals surface area contributed by atoms with E-state index in [4.69, 9.17) is 26.0 Å². The summed E-state index contributed by atoms with van der Waals surface area (Å²) in [6.45, 7) is 8.85. The first-order valence-electron chi connectivity index (χ1n) is 17.1. The van der Waals surface area contributed by atoms with Gasteiger partial charge < -0.3 is 19.6 Å². The fourth-order valence-corrected chi connectivity index (χ4v) is 7.60.